The quantitative estimate of drug-likeness (QED) is 0.625. The van der Waals surface area contributed by atoms with E-state index in [9.17, 15) is 10.2 Å². The second kappa shape index (κ2) is 6.69. The number of benzene rings is 2. The van der Waals surface area contributed by atoms with Crippen LogP contribution in [0.25, 0.3) is 0 Å². The van der Waals surface area contributed by atoms with Crippen molar-refractivity contribution in [3.8, 4) is 23.0 Å². The zero-order chi connectivity index (χ0) is 17.3. The lowest BCUT2D eigenvalue weighted by molar-refractivity contribution is 0.174. The first-order chi connectivity index (χ1) is 11.5. The summed E-state index contributed by atoms with van der Waals surface area (Å²) in [7, 11) is 0. The summed E-state index contributed by atoms with van der Waals surface area (Å²) in [6.07, 6.45) is 1.37. The van der Waals surface area contributed by atoms with E-state index in [1.165, 1.54) is 6.07 Å². The fraction of sp³-hybridized carbons (Fsp3) is 0.316. The summed E-state index contributed by atoms with van der Waals surface area (Å²) in [4.78, 5) is 0.673. The minimum absolute atomic E-state index is 0.0209. The largest absolute Gasteiger partial charge is 0.508 e. The van der Waals surface area contributed by atoms with E-state index in [0.717, 1.165) is 29.0 Å². The Balaban J connectivity index is 1.74. The number of aromatic hydroxyl groups is 2. The van der Waals surface area contributed by atoms with Crippen molar-refractivity contribution >= 4 is 17.1 Å². The van der Waals surface area contributed by atoms with Gasteiger partial charge in [-0.15, -0.1) is 0 Å². The van der Waals surface area contributed by atoms with E-state index >= 15 is 0 Å². The molecule has 24 heavy (non-hydrogen) atoms. The van der Waals surface area contributed by atoms with Gasteiger partial charge < -0.3 is 19.7 Å². The first kappa shape index (κ1) is 16.6. The summed E-state index contributed by atoms with van der Waals surface area (Å²) in [5, 5.41) is 20.0. The SMILES string of the molecule is CC(C)c1cc(C(=S)CCc2ccc3c(c2)OCO3)c(O)cc1O. The van der Waals surface area contributed by atoms with Crippen LogP contribution in [-0.4, -0.2) is 21.9 Å². The molecule has 0 unspecified atom stereocenters. The van der Waals surface area contributed by atoms with E-state index in [0.29, 0.717) is 16.8 Å². The van der Waals surface area contributed by atoms with E-state index in [4.69, 9.17) is 21.7 Å². The van der Waals surface area contributed by atoms with E-state index in [1.54, 1.807) is 6.07 Å². The van der Waals surface area contributed by atoms with E-state index in [1.807, 2.05) is 32.0 Å². The van der Waals surface area contributed by atoms with Gasteiger partial charge >= 0.3 is 0 Å². The first-order valence-electron chi connectivity index (χ1n) is 7.93. The molecule has 2 aromatic carbocycles. The Morgan fingerprint density at radius 3 is 2.58 bits per heavy atom. The van der Waals surface area contributed by atoms with Crippen LogP contribution in [0.1, 0.15) is 42.9 Å². The molecule has 3 rings (SSSR count). The van der Waals surface area contributed by atoms with Gasteiger partial charge in [-0.05, 0) is 48.1 Å². The van der Waals surface area contributed by atoms with Crippen molar-refractivity contribution < 1.29 is 19.7 Å². The maximum absolute atomic E-state index is 10.1. The number of phenols is 2. The molecule has 0 aliphatic carbocycles. The molecule has 0 saturated carbocycles. The van der Waals surface area contributed by atoms with Crippen molar-refractivity contribution in [3.05, 3.63) is 47.0 Å². The molecular formula is C19H20O4S. The summed E-state index contributed by atoms with van der Waals surface area (Å²) < 4.78 is 10.7. The van der Waals surface area contributed by atoms with Crippen molar-refractivity contribution in [1.29, 1.82) is 0 Å². The number of rotatable bonds is 5. The Bertz CT molecular complexity index is 783. The molecule has 126 valence electrons. The second-order valence-electron chi connectivity index (χ2n) is 6.19. The van der Waals surface area contributed by atoms with Gasteiger partial charge in [-0.3, -0.25) is 0 Å². The molecule has 0 atom stereocenters. The molecule has 2 N–H and O–H groups in total. The maximum Gasteiger partial charge on any atom is 0.231 e. The van der Waals surface area contributed by atoms with Gasteiger partial charge in [0, 0.05) is 16.5 Å². The van der Waals surface area contributed by atoms with Crippen LogP contribution < -0.4 is 9.47 Å². The van der Waals surface area contributed by atoms with Crippen molar-refractivity contribution in [3.63, 3.8) is 0 Å². The number of aryl methyl sites for hydroxylation is 1. The molecule has 1 aliphatic rings. The highest BCUT2D eigenvalue weighted by atomic mass is 32.1. The Morgan fingerprint density at radius 2 is 1.83 bits per heavy atom. The van der Waals surface area contributed by atoms with Crippen LogP contribution in [0.3, 0.4) is 0 Å². The minimum Gasteiger partial charge on any atom is -0.508 e. The molecule has 5 heteroatoms. The second-order valence-corrected chi connectivity index (χ2v) is 6.69. The number of phenolic OH excluding ortho intramolecular Hbond substituents is 2. The predicted molar refractivity (Wildman–Crippen MR) is 96.4 cm³/mol. The third-order valence-corrected chi connectivity index (χ3v) is 4.57. The molecule has 0 amide bonds. The van der Waals surface area contributed by atoms with Crippen molar-refractivity contribution in [1.82, 2.24) is 0 Å². The zero-order valence-electron chi connectivity index (χ0n) is 13.7. The molecule has 1 heterocycles. The summed E-state index contributed by atoms with van der Waals surface area (Å²) in [6, 6.07) is 9.01. The number of fused-ring (bicyclic) bond motifs is 1. The third kappa shape index (κ3) is 3.31. The topological polar surface area (TPSA) is 58.9 Å². The van der Waals surface area contributed by atoms with Gasteiger partial charge in [0.2, 0.25) is 6.79 Å². The lowest BCUT2D eigenvalue weighted by Gasteiger charge is -2.13. The molecule has 1 aliphatic heterocycles. The van der Waals surface area contributed by atoms with Gasteiger partial charge in [0.25, 0.3) is 0 Å². The van der Waals surface area contributed by atoms with Gasteiger partial charge in [-0.25, -0.2) is 0 Å². The fourth-order valence-corrected chi connectivity index (χ4v) is 3.03. The van der Waals surface area contributed by atoms with Crippen LogP contribution in [0, 0.1) is 0 Å². The summed E-state index contributed by atoms with van der Waals surface area (Å²) in [5.41, 5.74) is 2.50. The van der Waals surface area contributed by atoms with Crippen LogP contribution >= 0.6 is 12.2 Å². The van der Waals surface area contributed by atoms with Crippen LogP contribution in [0.2, 0.25) is 0 Å². The smallest absolute Gasteiger partial charge is 0.231 e. The van der Waals surface area contributed by atoms with Crippen LogP contribution in [-0.2, 0) is 6.42 Å². The number of ether oxygens (including phenoxy) is 2. The molecule has 0 radical (unpaired) electrons. The highest BCUT2D eigenvalue weighted by Gasteiger charge is 2.16. The van der Waals surface area contributed by atoms with Gasteiger partial charge in [0.15, 0.2) is 11.5 Å². The van der Waals surface area contributed by atoms with Crippen LogP contribution in [0.4, 0.5) is 0 Å². The monoisotopic (exact) mass is 344 g/mol. The van der Waals surface area contributed by atoms with E-state index in [-0.39, 0.29) is 24.2 Å². The maximum atomic E-state index is 10.1. The summed E-state index contributed by atoms with van der Waals surface area (Å²) in [5.74, 6) is 1.80. The fourth-order valence-electron chi connectivity index (χ4n) is 2.77. The number of thiocarbonyl (C=S) groups is 1. The molecule has 0 fully saturated rings. The first-order valence-corrected chi connectivity index (χ1v) is 8.34. The van der Waals surface area contributed by atoms with Crippen LogP contribution in [0.5, 0.6) is 23.0 Å². The van der Waals surface area contributed by atoms with Gasteiger partial charge in [-0.2, -0.15) is 0 Å². The van der Waals surface area contributed by atoms with Crippen LogP contribution in [0.15, 0.2) is 30.3 Å². The molecule has 2 aromatic rings. The van der Waals surface area contributed by atoms with Crippen molar-refractivity contribution in [2.24, 2.45) is 0 Å². The molecular weight excluding hydrogens is 324 g/mol. The standard InChI is InChI=1S/C19H20O4S/c1-11(2)13-8-14(16(21)9-15(13)20)19(24)6-4-12-3-5-17-18(7-12)23-10-22-17/h3,5,7-9,11,20-21H,4,6,10H2,1-2H3. The lowest BCUT2D eigenvalue weighted by Crippen LogP contribution is -2.02. The minimum atomic E-state index is 0.0209. The van der Waals surface area contributed by atoms with Gasteiger partial charge in [0.05, 0.1) is 0 Å². The highest BCUT2D eigenvalue weighted by molar-refractivity contribution is 7.80. The molecule has 4 nitrogen and oxygen atoms in total. The average Bonchev–Trinajstić information content (AvgIpc) is 2.99. The van der Waals surface area contributed by atoms with E-state index < -0.39 is 0 Å². The number of hydrogen-bond donors (Lipinski definition) is 2. The lowest BCUT2D eigenvalue weighted by atomic mass is 9.96. The Hall–Kier alpha value is -2.27. The molecule has 0 spiro atoms. The summed E-state index contributed by atoms with van der Waals surface area (Å²) >= 11 is 5.50. The highest BCUT2D eigenvalue weighted by Crippen LogP contribution is 2.34. The van der Waals surface area contributed by atoms with Gasteiger partial charge in [-0.1, -0.05) is 32.1 Å². The molecule has 0 saturated heterocycles. The third-order valence-electron chi connectivity index (χ3n) is 4.15. The Morgan fingerprint density at radius 1 is 1.08 bits per heavy atom. The number of hydrogen-bond acceptors (Lipinski definition) is 5. The van der Waals surface area contributed by atoms with Crippen molar-refractivity contribution in [2.45, 2.75) is 32.6 Å². The van der Waals surface area contributed by atoms with Crippen molar-refractivity contribution in [2.75, 3.05) is 6.79 Å². The Labute approximate surface area is 146 Å². The molecule has 0 bridgehead atoms. The van der Waals surface area contributed by atoms with Gasteiger partial charge in [0.1, 0.15) is 11.5 Å². The summed E-state index contributed by atoms with van der Waals surface area (Å²) in [6.45, 7) is 4.24. The predicted octanol–water partition coefficient (Wildman–Crippen LogP) is 4.30. The Kier molecular flexibility index (Phi) is 4.62. The normalized spacial score (nSPS) is 12.6. The molecule has 0 aromatic heterocycles. The van der Waals surface area contributed by atoms with E-state index in [2.05, 4.69) is 0 Å². The average molecular weight is 344 g/mol. The zero-order valence-corrected chi connectivity index (χ0v) is 14.5.